The van der Waals surface area contributed by atoms with Gasteiger partial charge in [0.2, 0.25) is 0 Å². The summed E-state index contributed by atoms with van der Waals surface area (Å²) in [6.45, 7) is 11.3. The highest BCUT2D eigenvalue weighted by Gasteiger charge is 2.46. The van der Waals surface area contributed by atoms with Crippen LogP contribution in [0, 0.1) is 11.1 Å². The minimum atomic E-state index is -0.0779. The molecule has 1 rings (SSSR count). The van der Waals surface area contributed by atoms with E-state index in [0.29, 0.717) is 5.92 Å². The third kappa shape index (κ3) is 3.57. The molecule has 2 heteroatoms. The Bertz CT molecular complexity index is 239. The zero-order chi connectivity index (χ0) is 15.2. The van der Waals surface area contributed by atoms with Crippen molar-refractivity contribution in [3.8, 4) is 0 Å². The first kappa shape index (κ1) is 18.0. The Hall–Kier alpha value is -0.0800. The van der Waals surface area contributed by atoms with Gasteiger partial charge in [-0.3, -0.25) is 0 Å². The largest absolute Gasteiger partial charge is 0.784 e. The lowest BCUT2D eigenvalue weighted by molar-refractivity contribution is -0.0667. The molecule has 20 heavy (non-hydrogen) atoms. The van der Waals surface area contributed by atoms with Crippen molar-refractivity contribution < 1.29 is 0 Å². The molecule has 0 atom stereocenters. The number of piperidine rings is 1. The standard InChI is InChI=1S/C18H36NO/c1-6-10-17(11-7-2)14-16(5)15-18(12-8-3,13-9-4)19(17)20/h16H,6-15H2,1-5H3/q-1. The molecule has 1 heterocycles. The molecule has 0 unspecified atom stereocenters. The minimum absolute atomic E-state index is 0.0779. The van der Waals surface area contributed by atoms with Gasteiger partial charge in [0.05, 0.1) is 0 Å². The smallest absolute Gasteiger partial charge is 0.00968 e. The molecule has 0 aliphatic carbocycles. The van der Waals surface area contributed by atoms with Crippen LogP contribution in [-0.2, 0) is 0 Å². The Balaban J connectivity index is 3.11. The monoisotopic (exact) mass is 282 g/mol. The Kier molecular flexibility index (Phi) is 7.00. The van der Waals surface area contributed by atoms with Gasteiger partial charge in [0.25, 0.3) is 0 Å². The van der Waals surface area contributed by atoms with Gasteiger partial charge in [-0.15, -0.1) is 0 Å². The Labute approximate surface area is 126 Å². The van der Waals surface area contributed by atoms with E-state index in [4.69, 9.17) is 0 Å². The summed E-state index contributed by atoms with van der Waals surface area (Å²) in [5.41, 5.74) is -0.156. The van der Waals surface area contributed by atoms with Crippen molar-refractivity contribution in [2.45, 2.75) is 110 Å². The summed E-state index contributed by atoms with van der Waals surface area (Å²) in [4.78, 5) is 0. The van der Waals surface area contributed by atoms with Crippen LogP contribution in [0.5, 0.6) is 0 Å². The zero-order valence-electron chi connectivity index (χ0n) is 14.5. The summed E-state index contributed by atoms with van der Waals surface area (Å²) in [5, 5.41) is 15.0. The molecular formula is C18H36NO-. The second-order valence-corrected chi connectivity index (χ2v) is 7.26. The molecule has 0 amide bonds. The molecule has 1 saturated heterocycles. The molecular weight excluding hydrogens is 246 g/mol. The van der Waals surface area contributed by atoms with Crippen molar-refractivity contribution >= 4 is 0 Å². The Morgan fingerprint density at radius 1 is 0.800 bits per heavy atom. The van der Waals surface area contributed by atoms with Crippen LogP contribution >= 0.6 is 0 Å². The van der Waals surface area contributed by atoms with Gasteiger partial charge in [0.1, 0.15) is 0 Å². The van der Waals surface area contributed by atoms with Crippen LogP contribution in [0.2, 0.25) is 0 Å². The van der Waals surface area contributed by atoms with Gasteiger partial charge in [-0.05, 0) is 44.4 Å². The highest BCUT2D eigenvalue weighted by atomic mass is 16.5. The summed E-state index contributed by atoms with van der Waals surface area (Å²) >= 11 is 0. The van der Waals surface area contributed by atoms with Crippen molar-refractivity contribution in [2.24, 2.45) is 5.92 Å². The van der Waals surface area contributed by atoms with Crippen LogP contribution in [0.1, 0.15) is 98.8 Å². The fourth-order valence-corrected chi connectivity index (χ4v) is 4.96. The lowest BCUT2D eigenvalue weighted by Gasteiger charge is -2.65. The second-order valence-electron chi connectivity index (χ2n) is 7.26. The molecule has 0 aromatic rings. The third-order valence-corrected chi connectivity index (χ3v) is 5.18. The van der Waals surface area contributed by atoms with E-state index in [1.54, 1.807) is 5.06 Å². The lowest BCUT2D eigenvalue weighted by Crippen LogP contribution is -2.62. The van der Waals surface area contributed by atoms with Crippen LogP contribution < -0.4 is 0 Å². The van der Waals surface area contributed by atoms with E-state index in [-0.39, 0.29) is 11.1 Å². The fraction of sp³-hybridized carbons (Fsp3) is 1.00. The van der Waals surface area contributed by atoms with Crippen molar-refractivity contribution in [2.75, 3.05) is 0 Å². The van der Waals surface area contributed by atoms with Gasteiger partial charge in [0, 0.05) is 11.1 Å². The van der Waals surface area contributed by atoms with E-state index >= 15 is 0 Å². The molecule has 0 radical (unpaired) electrons. The normalized spacial score (nSPS) is 23.1. The minimum Gasteiger partial charge on any atom is -0.784 e. The quantitative estimate of drug-likeness (QED) is 0.554. The first-order chi connectivity index (χ1) is 9.50. The second kappa shape index (κ2) is 7.79. The van der Waals surface area contributed by atoms with Gasteiger partial charge in [-0.1, -0.05) is 60.3 Å². The summed E-state index contributed by atoms with van der Waals surface area (Å²) in [6.07, 6.45) is 11.0. The van der Waals surface area contributed by atoms with Crippen LogP contribution in [-0.4, -0.2) is 16.1 Å². The van der Waals surface area contributed by atoms with Gasteiger partial charge >= 0.3 is 0 Å². The first-order valence-electron chi connectivity index (χ1n) is 8.97. The average molecular weight is 282 g/mol. The topological polar surface area (TPSA) is 26.3 Å². The van der Waals surface area contributed by atoms with Gasteiger partial charge in [-0.25, -0.2) is 0 Å². The van der Waals surface area contributed by atoms with Gasteiger partial charge in [0.15, 0.2) is 0 Å². The highest BCUT2D eigenvalue weighted by molar-refractivity contribution is 5.07. The van der Waals surface area contributed by atoms with Gasteiger partial charge in [-0.2, -0.15) is 0 Å². The molecule has 0 aromatic carbocycles. The Morgan fingerprint density at radius 3 is 1.35 bits per heavy atom. The number of hydrogen-bond donors (Lipinski definition) is 0. The molecule has 0 aromatic heterocycles. The third-order valence-electron chi connectivity index (χ3n) is 5.18. The maximum atomic E-state index is 13.4. The van der Waals surface area contributed by atoms with E-state index in [1.807, 2.05) is 0 Å². The molecule has 0 bridgehead atoms. The van der Waals surface area contributed by atoms with E-state index < -0.39 is 0 Å². The predicted molar refractivity (Wildman–Crippen MR) is 88.7 cm³/mol. The van der Waals surface area contributed by atoms with E-state index in [2.05, 4.69) is 34.6 Å². The molecule has 1 aliphatic heterocycles. The fourth-order valence-electron chi connectivity index (χ4n) is 4.96. The molecule has 0 saturated carbocycles. The maximum absolute atomic E-state index is 13.4. The van der Waals surface area contributed by atoms with E-state index in [9.17, 15) is 5.21 Å². The molecule has 1 aliphatic rings. The van der Waals surface area contributed by atoms with Crippen LogP contribution in [0.3, 0.4) is 0 Å². The van der Waals surface area contributed by atoms with Crippen molar-refractivity contribution in [3.63, 3.8) is 0 Å². The number of nitrogens with zero attached hydrogens (tertiary/aromatic N) is 1. The average Bonchev–Trinajstić information content (AvgIpc) is 2.37. The van der Waals surface area contributed by atoms with E-state index in [1.165, 1.54) is 0 Å². The molecule has 0 spiro atoms. The number of rotatable bonds is 8. The predicted octanol–water partition coefficient (Wildman–Crippen LogP) is 5.89. The van der Waals surface area contributed by atoms with Gasteiger partial charge < -0.3 is 10.3 Å². The Morgan fingerprint density at radius 2 is 1.10 bits per heavy atom. The summed E-state index contributed by atoms with van der Waals surface area (Å²) in [5.74, 6) is 0.691. The van der Waals surface area contributed by atoms with E-state index in [0.717, 1.165) is 64.2 Å². The van der Waals surface area contributed by atoms with Crippen LogP contribution in [0.15, 0.2) is 0 Å². The van der Waals surface area contributed by atoms with Crippen molar-refractivity contribution in [1.82, 2.24) is 5.06 Å². The van der Waals surface area contributed by atoms with Crippen molar-refractivity contribution in [1.29, 1.82) is 0 Å². The van der Waals surface area contributed by atoms with Crippen LogP contribution in [0.4, 0.5) is 0 Å². The summed E-state index contributed by atoms with van der Waals surface area (Å²) in [7, 11) is 0. The zero-order valence-corrected chi connectivity index (χ0v) is 14.5. The molecule has 120 valence electrons. The molecule has 2 nitrogen and oxygen atoms in total. The SMILES string of the molecule is CCCC1(CCC)CC(C)CC(CCC)(CCC)N1[O-]. The summed E-state index contributed by atoms with van der Waals surface area (Å²) in [6, 6.07) is 0. The molecule has 1 fully saturated rings. The lowest BCUT2D eigenvalue weighted by atomic mass is 9.67. The van der Waals surface area contributed by atoms with Crippen LogP contribution in [0.25, 0.3) is 0 Å². The van der Waals surface area contributed by atoms with Crippen molar-refractivity contribution in [3.05, 3.63) is 5.21 Å². The first-order valence-corrected chi connectivity index (χ1v) is 8.97. The highest BCUT2D eigenvalue weighted by Crippen LogP contribution is 2.49. The molecule has 0 N–H and O–H groups in total. The maximum Gasteiger partial charge on any atom is 0.00968 e. The number of hydrogen-bond acceptors (Lipinski definition) is 2. The summed E-state index contributed by atoms with van der Waals surface area (Å²) < 4.78 is 0. The number of hydroxylamine groups is 2.